The van der Waals surface area contributed by atoms with Gasteiger partial charge in [0, 0.05) is 29.4 Å². The summed E-state index contributed by atoms with van der Waals surface area (Å²) in [5.41, 5.74) is 2.48. The van der Waals surface area contributed by atoms with Gasteiger partial charge in [-0.25, -0.2) is 0 Å². The molecule has 1 aliphatic carbocycles. The van der Waals surface area contributed by atoms with Gasteiger partial charge in [0.05, 0.1) is 0 Å². The van der Waals surface area contributed by atoms with E-state index in [0.29, 0.717) is 5.78 Å². The standard InChI is InChI=1S/C15H23NO/c1-4-15(5-2,6-3)16-11-10-12-13(16)8-7-9-14(12)17/h10-11H,4-9H2,1-3H3. The van der Waals surface area contributed by atoms with E-state index in [2.05, 4.69) is 31.5 Å². The van der Waals surface area contributed by atoms with Crippen LogP contribution in [0.2, 0.25) is 0 Å². The lowest BCUT2D eigenvalue weighted by Crippen LogP contribution is -2.33. The molecule has 0 aromatic carbocycles. The van der Waals surface area contributed by atoms with Crippen molar-refractivity contribution in [2.75, 3.05) is 0 Å². The predicted octanol–water partition coefficient (Wildman–Crippen LogP) is 3.93. The van der Waals surface area contributed by atoms with Crippen LogP contribution in [0.25, 0.3) is 0 Å². The molecule has 2 rings (SSSR count). The van der Waals surface area contributed by atoms with Gasteiger partial charge in [-0.15, -0.1) is 0 Å². The van der Waals surface area contributed by atoms with Gasteiger partial charge in [-0.2, -0.15) is 0 Å². The van der Waals surface area contributed by atoms with E-state index in [9.17, 15) is 4.79 Å². The van der Waals surface area contributed by atoms with E-state index >= 15 is 0 Å². The summed E-state index contributed by atoms with van der Waals surface area (Å²) in [4.78, 5) is 11.9. The highest BCUT2D eigenvalue weighted by atomic mass is 16.1. The Bertz CT molecular complexity index is 404. The van der Waals surface area contributed by atoms with Crippen LogP contribution in [-0.2, 0) is 12.0 Å². The van der Waals surface area contributed by atoms with Gasteiger partial charge in [0.2, 0.25) is 0 Å². The van der Waals surface area contributed by atoms with E-state index in [1.54, 1.807) is 0 Å². The molecule has 0 radical (unpaired) electrons. The maximum atomic E-state index is 11.9. The summed E-state index contributed by atoms with van der Waals surface area (Å²) >= 11 is 0. The van der Waals surface area contributed by atoms with Crippen molar-refractivity contribution in [3.63, 3.8) is 0 Å². The van der Waals surface area contributed by atoms with Gasteiger partial charge in [0.15, 0.2) is 5.78 Å². The zero-order valence-electron chi connectivity index (χ0n) is 11.3. The molecule has 2 heteroatoms. The molecule has 0 saturated heterocycles. The lowest BCUT2D eigenvalue weighted by molar-refractivity contribution is 0.0970. The number of carbonyl (C=O) groups is 1. The number of Topliss-reactive ketones (excluding diaryl/α,β-unsaturated/α-hetero) is 1. The smallest absolute Gasteiger partial charge is 0.164 e. The number of fused-ring (bicyclic) bond motifs is 1. The monoisotopic (exact) mass is 233 g/mol. The summed E-state index contributed by atoms with van der Waals surface area (Å²) < 4.78 is 2.40. The fourth-order valence-electron chi connectivity index (χ4n) is 3.23. The van der Waals surface area contributed by atoms with Crippen molar-refractivity contribution >= 4 is 5.78 Å². The van der Waals surface area contributed by atoms with E-state index in [4.69, 9.17) is 0 Å². The molecular formula is C15H23NO. The van der Waals surface area contributed by atoms with Gasteiger partial charge in [-0.1, -0.05) is 20.8 Å². The third-order valence-corrected chi connectivity index (χ3v) is 4.60. The Labute approximate surface area is 104 Å². The molecule has 1 heterocycles. The molecule has 0 amide bonds. The quantitative estimate of drug-likeness (QED) is 0.772. The fourth-order valence-corrected chi connectivity index (χ4v) is 3.23. The van der Waals surface area contributed by atoms with Crippen LogP contribution in [0.5, 0.6) is 0 Å². The zero-order chi connectivity index (χ0) is 12.5. The second-order valence-electron chi connectivity index (χ2n) is 5.11. The molecule has 0 fully saturated rings. The van der Waals surface area contributed by atoms with Crippen molar-refractivity contribution in [2.24, 2.45) is 0 Å². The van der Waals surface area contributed by atoms with Gasteiger partial charge in [0.1, 0.15) is 0 Å². The van der Waals surface area contributed by atoms with Gasteiger partial charge in [-0.3, -0.25) is 4.79 Å². The van der Waals surface area contributed by atoms with Crippen molar-refractivity contribution in [2.45, 2.75) is 64.8 Å². The highest BCUT2D eigenvalue weighted by molar-refractivity contribution is 5.98. The highest BCUT2D eigenvalue weighted by Crippen LogP contribution is 2.34. The minimum Gasteiger partial charge on any atom is -0.345 e. The number of aromatic nitrogens is 1. The number of hydrogen-bond acceptors (Lipinski definition) is 1. The Kier molecular flexibility index (Phi) is 3.41. The van der Waals surface area contributed by atoms with Crippen molar-refractivity contribution in [1.82, 2.24) is 4.57 Å². The summed E-state index contributed by atoms with van der Waals surface area (Å²) in [5, 5.41) is 0. The first-order chi connectivity index (χ1) is 8.18. The lowest BCUT2D eigenvalue weighted by Gasteiger charge is -2.35. The lowest BCUT2D eigenvalue weighted by atomic mass is 9.88. The Balaban J connectivity index is 2.49. The van der Waals surface area contributed by atoms with Crippen molar-refractivity contribution in [3.8, 4) is 0 Å². The van der Waals surface area contributed by atoms with Crippen LogP contribution in [0.4, 0.5) is 0 Å². The number of ketones is 1. The maximum Gasteiger partial charge on any atom is 0.164 e. The van der Waals surface area contributed by atoms with E-state index < -0.39 is 0 Å². The molecular weight excluding hydrogens is 210 g/mol. The van der Waals surface area contributed by atoms with Gasteiger partial charge < -0.3 is 4.57 Å². The van der Waals surface area contributed by atoms with E-state index in [1.807, 2.05) is 6.07 Å². The topological polar surface area (TPSA) is 22.0 Å². The summed E-state index contributed by atoms with van der Waals surface area (Å²) in [6, 6.07) is 2.03. The molecule has 0 bridgehead atoms. The van der Waals surface area contributed by atoms with Crippen LogP contribution >= 0.6 is 0 Å². The zero-order valence-corrected chi connectivity index (χ0v) is 11.3. The maximum absolute atomic E-state index is 11.9. The molecule has 0 N–H and O–H groups in total. The Morgan fingerprint density at radius 3 is 2.41 bits per heavy atom. The largest absolute Gasteiger partial charge is 0.345 e. The molecule has 0 spiro atoms. The molecule has 1 aromatic rings. The first kappa shape index (κ1) is 12.4. The molecule has 0 aliphatic heterocycles. The number of nitrogens with zero attached hydrogens (tertiary/aromatic N) is 1. The molecule has 0 saturated carbocycles. The van der Waals surface area contributed by atoms with Gasteiger partial charge in [-0.05, 0) is 38.2 Å². The molecule has 17 heavy (non-hydrogen) atoms. The molecule has 1 aromatic heterocycles. The second kappa shape index (κ2) is 4.67. The number of hydrogen-bond donors (Lipinski definition) is 0. The minimum absolute atomic E-state index is 0.213. The molecule has 1 aliphatic rings. The third kappa shape index (κ3) is 1.84. The molecule has 0 atom stereocenters. The van der Waals surface area contributed by atoms with Gasteiger partial charge in [0.25, 0.3) is 0 Å². The fraction of sp³-hybridized carbons (Fsp3) is 0.667. The average molecular weight is 233 g/mol. The highest BCUT2D eigenvalue weighted by Gasteiger charge is 2.31. The normalized spacial score (nSPS) is 16.1. The van der Waals surface area contributed by atoms with Crippen LogP contribution in [0.15, 0.2) is 12.3 Å². The molecule has 0 unspecified atom stereocenters. The first-order valence-corrected chi connectivity index (χ1v) is 6.92. The Morgan fingerprint density at radius 2 is 1.82 bits per heavy atom. The second-order valence-corrected chi connectivity index (χ2v) is 5.11. The summed E-state index contributed by atoms with van der Waals surface area (Å²) in [6.45, 7) is 6.76. The van der Waals surface area contributed by atoms with Crippen LogP contribution < -0.4 is 0 Å². The Morgan fingerprint density at radius 1 is 1.18 bits per heavy atom. The van der Waals surface area contributed by atoms with Gasteiger partial charge >= 0.3 is 0 Å². The summed E-state index contributed by atoms with van der Waals surface area (Å²) in [7, 11) is 0. The average Bonchev–Trinajstić information content (AvgIpc) is 2.79. The minimum atomic E-state index is 0.213. The van der Waals surface area contributed by atoms with Crippen LogP contribution in [0.3, 0.4) is 0 Å². The third-order valence-electron chi connectivity index (χ3n) is 4.60. The molecule has 94 valence electrons. The Hall–Kier alpha value is -1.05. The van der Waals surface area contributed by atoms with Crippen LogP contribution in [-0.4, -0.2) is 10.4 Å². The van der Waals surface area contributed by atoms with Crippen LogP contribution in [0.1, 0.15) is 68.9 Å². The SMILES string of the molecule is CCC(CC)(CC)n1ccc2c1CCCC2=O. The van der Waals surface area contributed by atoms with E-state index in [-0.39, 0.29) is 5.54 Å². The van der Waals surface area contributed by atoms with Crippen molar-refractivity contribution in [1.29, 1.82) is 0 Å². The number of carbonyl (C=O) groups excluding carboxylic acids is 1. The van der Waals surface area contributed by atoms with E-state index in [1.165, 1.54) is 5.69 Å². The molecule has 2 nitrogen and oxygen atoms in total. The summed E-state index contributed by atoms with van der Waals surface area (Å²) in [5.74, 6) is 0.335. The predicted molar refractivity (Wildman–Crippen MR) is 70.5 cm³/mol. The van der Waals surface area contributed by atoms with Crippen molar-refractivity contribution < 1.29 is 4.79 Å². The van der Waals surface area contributed by atoms with Crippen molar-refractivity contribution in [3.05, 3.63) is 23.5 Å². The van der Waals surface area contributed by atoms with E-state index in [0.717, 1.165) is 44.1 Å². The van der Waals surface area contributed by atoms with Crippen LogP contribution in [0, 0.1) is 0 Å². The number of rotatable bonds is 4. The first-order valence-electron chi connectivity index (χ1n) is 6.92. The summed E-state index contributed by atoms with van der Waals surface area (Å²) in [6.07, 6.45) is 8.36.